The van der Waals surface area contributed by atoms with Crippen molar-refractivity contribution in [1.82, 2.24) is 10.2 Å². The average Bonchev–Trinajstić information content (AvgIpc) is 2.78. The molecule has 5 heteroatoms. The van der Waals surface area contributed by atoms with E-state index < -0.39 is 0 Å². The molecule has 0 atom stereocenters. The first-order valence-corrected chi connectivity index (χ1v) is 6.77. The van der Waals surface area contributed by atoms with Gasteiger partial charge in [0.2, 0.25) is 0 Å². The lowest BCUT2D eigenvalue weighted by molar-refractivity contribution is 0.0734. The van der Waals surface area contributed by atoms with Crippen LogP contribution < -0.4 is 5.32 Å². The number of nitrogens with zero attached hydrogens (tertiary/aromatic N) is 1. The zero-order valence-electron chi connectivity index (χ0n) is 9.36. The molecule has 0 radical (unpaired) electrons. The van der Waals surface area contributed by atoms with Crippen LogP contribution in [-0.2, 0) is 5.75 Å². The molecule has 0 aromatic carbocycles. The molecule has 2 rings (SSSR count). The summed E-state index contributed by atoms with van der Waals surface area (Å²) in [5.74, 6) is 1.63. The number of furan rings is 1. The maximum Gasteiger partial charge on any atom is 0.257 e. The summed E-state index contributed by atoms with van der Waals surface area (Å²) in [6.45, 7) is 3.31. The largest absolute Gasteiger partial charge is 0.468 e. The fourth-order valence-corrected chi connectivity index (χ4v) is 2.30. The van der Waals surface area contributed by atoms with Gasteiger partial charge in [-0.3, -0.25) is 4.79 Å². The van der Waals surface area contributed by atoms with Crippen molar-refractivity contribution in [1.29, 1.82) is 0 Å². The van der Waals surface area contributed by atoms with Gasteiger partial charge in [-0.05, 0) is 12.3 Å². The molecule has 16 heavy (non-hydrogen) atoms. The van der Waals surface area contributed by atoms with Crippen molar-refractivity contribution in [2.24, 2.45) is 0 Å². The van der Waals surface area contributed by atoms with E-state index in [1.54, 1.807) is 24.1 Å². The minimum atomic E-state index is 0.0966. The molecule has 1 saturated heterocycles. The summed E-state index contributed by atoms with van der Waals surface area (Å²) in [5, 5.41) is 3.23. The van der Waals surface area contributed by atoms with E-state index in [-0.39, 0.29) is 5.91 Å². The summed E-state index contributed by atoms with van der Waals surface area (Å²) in [4.78, 5) is 14.1. The Hall–Kier alpha value is -0.940. The van der Waals surface area contributed by atoms with E-state index in [4.69, 9.17) is 4.42 Å². The monoisotopic (exact) mass is 240 g/mol. The van der Waals surface area contributed by atoms with Gasteiger partial charge in [0.05, 0.1) is 17.6 Å². The van der Waals surface area contributed by atoms with Crippen LogP contribution in [0, 0.1) is 0 Å². The van der Waals surface area contributed by atoms with Crippen molar-refractivity contribution in [3.8, 4) is 0 Å². The molecule has 1 N–H and O–H groups in total. The molecular weight excluding hydrogens is 224 g/mol. The quantitative estimate of drug-likeness (QED) is 0.862. The van der Waals surface area contributed by atoms with E-state index in [1.807, 2.05) is 11.2 Å². The van der Waals surface area contributed by atoms with Crippen LogP contribution in [0.25, 0.3) is 0 Å². The molecule has 0 unspecified atom stereocenters. The SMILES string of the molecule is CSCc1occc1C(=O)N1CCNCC1. The number of piperazine rings is 1. The molecule has 0 bridgehead atoms. The number of carbonyl (C=O) groups excluding carboxylic acids is 1. The Morgan fingerprint density at radius 2 is 2.31 bits per heavy atom. The zero-order chi connectivity index (χ0) is 11.4. The summed E-state index contributed by atoms with van der Waals surface area (Å²) >= 11 is 1.66. The Bertz CT molecular complexity index is 359. The number of thioether (sulfide) groups is 1. The smallest absolute Gasteiger partial charge is 0.257 e. The normalized spacial score (nSPS) is 16.4. The molecule has 1 fully saturated rings. The molecule has 1 aliphatic heterocycles. The summed E-state index contributed by atoms with van der Waals surface area (Å²) < 4.78 is 5.33. The molecule has 1 aliphatic rings. The van der Waals surface area contributed by atoms with Crippen molar-refractivity contribution in [2.45, 2.75) is 5.75 Å². The highest BCUT2D eigenvalue weighted by Gasteiger charge is 2.21. The predicted molar refractivity (Wildman–Crippen MR) is 64.7 cm³/mol. The van der Waals surface area contributed by atoms with E-state index in [2.05, 4.69) is 5.32 Å². The number of carbonyl (C=O) groups is 1. The second-order valence-electron chi connectivity index (χ2n) is 3.73. The summed E-state index contributed by atoms with van der Waals surface area (Å²) in [6.07, 6.45) is 3.60. The van der Waals surface area contributed by atoms with Crippen molar-refractivity contribution < 1.29 is 9.21 Å². The van der Waals surface area contributed by atoms with Gasteiger partial charge in [-0.25, -0.2) is 0 Å². The number of nitrogens with one attached hydrogen (secondary N) is 1. The second kappa shape index (κ2) is 5.41. The van der Waals surface area contributed by atoms with Crippen LogP contribution in [0.1, 0.15) is 16.1 Å². The van der Waals surface area contributed by atoms with Gasteiger partial charge in [-0.1, -0.05) is 0 Å². The molecule has 88 valence electrons. The van der Waals surface area contributed by atoms with Crippen LogP contribution in [0.5, 0.6) is 0 Å². The first-order chi connectivity index (χ1) is 7.83. The molecule has 4 nitrogen and oxygen atoms in total. The standard InChI is InChI=1S/C11H16N2O2S/c1-16-8-10-9(2-7-15-10)11(14)13-5-3-12-4-6-13/h2,7,12H,3-6,8H2,1H3. The highest BCUT2D eigenvalue weighted by Crippen LogP contribution is 2.18. The van der Waals surface area contributed by atoms with E-state index in [0.29, 0.717) is 0 Å². The molecule has 0 saturated carbocycles. The Kier molecular flexibility index (Phi) is 3.90. The molecule has 1 aromatic rings. The fourth-order valence-electron chi connectivity index (χ4n) is 1.81. The zero-order valence-corrected chi connectivity index (χ0v) is 10.2. The molecule has 2 heterocycles. The van der Waals surface area contributed by atoms with E-state index in [0.717, 1.165) is 43.3 Å². The molecular formula is C11H16N2O2S. The van der Waals surface area contributed by atoms with Crippen LogP contribution in [0.2, 0.25) is 0 Å². The molecule has 0 spiro atoms. The number of rotatable bonds is 3. The topological polar surface area (TPSA) is 45.5 Å². The van der Waals surface area contributed by atoms with E-state index in [1.165, 1.54) is 0 Å². The van der Waals surface area contributed by atoms with E-state index in [9.17, 15) is 4.79 Å². The van der Waals surface area contributed by atoms with Gasteiger partial charge in [-0.15, -0.1) is 0 Å². The fraction of sp³-hybridized carbons (Fsp3) is 0.545. The summed E-state index contributed by atoms with van der Waals surface area (Å²) in [7, 11) is 0. The van der Waals surface area contributed by atoms with Crippen molar-refractivity contribution in [3.05, 3.63) is 23.7 Å². The Balaban J connectivity index is 2.09. The Morgan fingerprint density at radius 1 is 1.56 bits per heavy atom. The van der Waals surface area contributed by atoms with Crippen LogP contribution in [0.15, 0.2) is 16.7 Å². The van der Waals surface area contributed by atoms with Gasteiger partial charge in [-0.2, -0.15) is 11.8 Å². The molecule has 1 amide bonds. The van der Waals surface area contributed by atoms with Crippen LogP contribution in [0.3, 0.4) is 0 Å². The van der Waals surface area contributed by atoms with Crippen LogP contribution in [0.4, 0.5) is 0 Å². The molecule has 1 aromatic heterocycles. The van der Waals surface area contributed by atoms with Gasteiger partial charge >= 0.3 is 0 Å². The average molecular weight is 240 g/mol. The Morgan fingerprint density at radius 3 is 3.00 bits per heavy atom. The predicted octanol–water partition coefficient (Wildman–Crippen LogP) is 1.19. The Labute approximate surface area is 99.4 Å². The van der Waals surface area contributed by atoms with Crippen LogP contribution >= 0.6 is 11.8 Å². The van der Waals surface area contributed by atoms with E-state index >= 15 is 0 Å². The number of amides is 1. The first kappa shape index (κ1) is 11.5. The van der Waals surface area contributed by atoms with Crippen molar-refractivity contribution >= 4 is 17.7 Å². The third-order valence-electron chi connectivity index (χ3n) is 2.66. The first-order valence-electron chi connectivity index (χ1n) is 5.38. The minimum Gasteiger partial charge on any atom is -0.468 e. The summed E-state index contributed by atoms with van der Waals surface area (Å²) in [5.41, 5.74) is 0.719. The third kappa shape index (κ3) is 2.41. The van der Waals surface area contributed by atoms with Gasteiger partial charge in [0.25, 0.3) is 5.91 Å². The highest BCUT2D eigenvalue weighted by atomic mass is 32.2. The van der Waals surface area contributed by atoms with Gasteiger partial charge in [0, 0.05) is 26.2 Å². The third-order valence-corrected chi connectivity index (χ3v) is 3.21. The van der Waals surface area contributed by atoms with Gasteiger partial charge < -0.3 is 14.6 Å². The second-order valence-corrected chi connectivity index (χ2v) is 4.60. The summed E-state index contributed by atoms with van der Waals surface area (Å²) in [6, 6.07) is 1.77. The number of hydrogen-bond acceptors (Lipinski definition) is 4. The minimum absolute atomic E-state index is 0.0966. The highest BCUT2D eigenvalue weighted by molar-refractivity contribution is 7.97. The lowest BCUT2D eigenvalue weighted by atomic mass is 10.2. The lowest BCUT2D eigenvalue weighted by Crippen LogP contribution is -2.46. The molecule has 0 aliphatic carbocycles. The van der Waals surface area contributed by atoms with Gasteiger partial charge in [0.15, 0.2) is 0 Å². The van der Waals surface area contributed by atoms with Crippen molar-refractivity contribution in [3.63, 3.8) is 0 Å². The maximum absolute atomic E-state index is 12.2. The van der Waals surface area contributed by atoms with Crippen LogP contribution in [-0.4, -0.2) is 43.2 Å². The van der Waals surface area contributed by atoms with Crippen molar-refractivity contribution in [2.75, 3.05) is 32.4 Å². The maximum atomic E-state index is 12.2. The number of hydrogen-bond donors (Lipinski definition) is 1. The van der Waals surface area contributed by atoms with Gasteiger partial charge in [0.1, 0.15) is 5.76 Å². The lowest BCUT2D eigenvalue weighted by Gasteiger charge is -2.27.